The summed E-state index contributed by atoms with van der Waals surface area (Å²) in [6.07, 6.45) is 0.775. The predicted octanol–water partition coefficient (Wildman–Crippen LogP) is 6.17. The van der Waals surface area contributed by atoms with E-state index in [9.17, 15) is 14.4 Å². The molecule has 8 heteroatoms. The summed E-state index contributed by atoms with van der Waals surface area (Å²) in [5, 5.41) is 7.06. The zero-order valence-corrected chi connectivity index (χ0v) is 24.8. The maximum absolute atomic E-state index is 13.8. The summed E-state index contributed by atoms with van der Waals surface area (Å²) in [4.78, 5) is 40.2. The Morgan fingerprint density at radius 2 is 1.53 bits per heavy atom. The number of carbonyl (C=O) groups excluding carboxylic acids is 2. The number of amides is 2. The van der Waals surface area contributed by atoms with Crippen LogP contribution < -0.4 is 20.9 Å². The number of fused-ring (bicyclic) bond motifs is 1. The predicted molar refractivity (Wildman–Crippen MR) is 171 cm³/mol. The van der Waals surface area contributed by atoms with E-state index in [0.29, 0.717) is 40.3 Å². The molecule has 4 aromatic carbocycles. The fraction of sp³-hybridized carbons (Fsp3) is 0.171. The minimum atomic E-state index is -0.468. The number of hydrogen-bond donors (Lipinski definition) is 2. The van der Waals surface area contributed by atoms with Gasteiger partial charge >= 0.3 is 0 Å². The molecule has 1 aromatic heterocycles. The van der Waals surface area contributed by atoms with Gasteiger partial charge in [0.1, 0.15) is 11.3 Å². The fourth-order valence-electron chi connectivity index (χ4n) is 4.90. The zero-order valence-electron chi connectivity index (χ0n) is 24.0. The van der Waals surface area contributed by atoms with Crippen molar-refractivity contribution in [2.24, 2.45) is 0 Å². The van der Waals surface area contributed by atoms with Gasteiger partial charge in [-0.3, -0.25) is 14.4 Å². The van der Waals surface area contributed by atoms with Crippen molar-refractivity contribution in [2.75, 3.05) is 19.0 Å². The van der Waals surface area contributed by atoms with Crippen LogP contribution in [0.25, 0.3) is 10.9 Å². The Bertz CT molecular complexity index is 1810. The number of hydrogen-bond acceptors (Lipinski definition) is 4. The molecule has 0 unspecified atom stereocenters. The third-order valence-electron chi connectivity index (χ3n) is 7.25. The first-order valence-corrected chi connectivity index (χ1v) is 14.4. The Morgan fingerprint density at radius 3 is 2.23 bits per heavy atom. The van der Waals surface area contributed by atoms with Crippen LogP contribution in [-0.2, 0) is 24.2 Å². The Morgan fingerprint density at radius 1 is 0.860 bits per heavy atom. The molecule has 43 heavy (non-hydrogen) atoms. The van der Waals surface area contributed by atoms with Gasteiger partial charge in [-0.2, -0.15) is 0 Å². The first-order valence-electron chi connectivity index (χ1n) is 14.0. The lowest BCUT2D eigenvalue weighted by atomic mass is 10.1. The Balaban J connectivity index is 1.48. The Kier molecular flexibility index (Phi) is 9.23. The van der Waals surface area contributed by atoms with E-state index < -0.39 is 11.5 Å². The molecule has 0 aliphatic rings. The molecule has 7 nitrogen and oxygen atoms in total. The second kappa shape index (κ2) is 13.4. The molecule has 218 valence electrons. The molecule has 0 fully saturated rings. The lowest BCUT2D eigenvalue weighted by molar-refractivity contribution is -0.115. The van der Waals surface area contributed by atoms with Crippen molar-refractivity contribution in [2.45, 2.75) is 26.3 Å². The molecule has 0 radical (unpaired) electrons. The number of ether oxygens (including phenoxy) is 1. The Labute approximate surface area is 255 Å². The molecular weight excluding hydrogens is 562 g/mol. The number of pyridine rings is 1. The summed E-state index contributed by atoms with van der Waals surface area (Å²) in [7, 11) is 1.59. The highest BCUT2D eigenvalue weighted by Gasteiger charge is 2.18. The van der Waals surface area contributed by atoms with Crippen molar-refractivity contribution in [1.29, 1.82) is 0 Å². The third kappa shape index (κ3) is 7.31. The van der Waals surface area contributed by atoms with E-state index in [1.165, 1.54) is 0 Å². The monoisotopic (exact) mass is 593 g/mol. The second-order valence-electron chi connectivity index (χ2n) is 10.4. The summed E-state index contributed by atoms with van der Waals surface area (Å²) in [6, 6.07) is 29.5. The van der Waals surface area contributed by atoms with Gasteiger partial charge in [0.25, 0.3) is 11.5 Å². The fourth-order valence-corrected chi connectivity index (χ4v) is 5.02. The van der Waals surface area contributed by atoms with Gasteiger partial charge < -0.3 is 19.9 Å². The molecule has 0 bridgehead atoms. The van der Waals surface area contributed by atoms with Gasteiger partial charge in [0, 0.05) is 17.0 Å². The van der Waals surface area contributed by atoms with E-state index >= 15 is 0 Å². The number of nitrogens with zero attached hydrogens (tertiary/aromatic N) is 1. The van der Waals surface area contributed by atoms with E-state index in [1.807, 2.05) is 61.5 Å². The topological polar surface area (TPSA) is 89.4 Å². The van der Waals surface area contributed by atoms with E-state index in [0.717, 1.165) is 22.3 Å². The molecule has 5 aromatic rings. The van der Waals surface area contributed by atoms with Gasteiger partial charge in [0.05, 0.1) is 31.3 Å². The molecular formula is C35H32ClN3O4. The molecule has 0 saturated carbocycles. The molecule has 0 saturated heterocycles. The number of aromatic nitrogens is 1. The van der Waals surface area contributed by atoms with Crippen molar-refractivity contribution in [3.63, 3.8) is 0 Å². The molecule has 0 atom stereocenters. The van der Waals surface area contributed by atoms with Crippen LogP contribution >= 0.6 is 11.6 Å². The molecule has 2 amide bonds. The third-order valence-corrected chi connectivity index (χ3v) is 7.51. The van der Waals surface area contributed by atoms with Crippen LogP contribution in [0, 0.1) is 6.92 Å². The minimum Gasteiger partial charge on any atom is -0.497 e. The summed E-state index contributed by atoms with van der Waals surface area (Å²) >= 11 is 5.99. The Hall–Kier alpha value is -4.88. The van der Waals surface area contributed by atoms with Crippen LogP contribution in [0.2, 0.25) is 5.02 Å². The van der Waals surface area contributed by atoms with E-state index in [4.69, 9.17) is 16.3 Å². The number of nitrogens with one attached hydrogen (secondary N) is 2. The van der Waals surface area contributed by atoms with Crippen LogP contribution in [0.15, 0.2) is 102 Å². The maximum atomic E-state index is 13.8. The zero-order chi connectivity index (χ0) is 30.3. The minimum absolute atomic E-state index is 0.00400. The number of rotatable bonds is 10. The molecule has 1 heterocycles. The largest absolute Gasteiger partial charge is 0.497 e. The van der Waals surface area contributed by atoms with Gasteiger partial charge in [-0.15, -0.1) is 0 Å². The average Bonchev–Trinajstić information content (AvgIpc) is 3.01. The van der Waals surface area contributed by atoms with Crippen molar-refractivity contribution in [3.05, 3.63) is 140 Å². The van der Waals surface area contributed by atoms with Crippen molar-refractivity contribution >= 4 is 40.0 Å². The van der Waals surface area contributed by atoms with Gasteiger partial charge in [-0.05, 0) is 72.5 Å². The number of benzene rings is 4. The lowest BCUT2D eigenvalue weighted by Crippen LogP contribution is -2.34. The highest BCUT2D eigenvalue weighted by atomic mass is 35.5. The van der Waals surface area contributed by atoms with E-state index in [1.54, 1.807) is 54.1 Å². The SMILES string of the molecule is COc1ccc(Cn2c(=O)c(C(=O)NCCc3ccc(C)cc3)cc3c(NC(=O)Cc4ccc(Cl)cc4)cccc32)cc1. The maximum Gasteiger partial charge on any atom is 0.264 e. The van der Waals surface area contributed by atoms with Gasteiger partial charge in [0.15, 0.2) is 0 Å². The van der Waals surface area contributed by atoms with Crippen molar-refractivity contribution < 1.29 is 14.3 Å². The first kappa shape index (κ1) is 29.6. The molecule has 0 aliphatic carbocycles. The van der Waals surface area contributed by atoms with Crippen molar-refractivity contribution in [1.82, 2.24) is 9.88 Å². The summed E-state index contributed by atoms with van der Waals surface area (Å²) < 4.78 is 6.84. The van der Waals surface area contributed by atoms with Crippen LogP contribution in [0.5, 0.6) is 5.75 Å². The van der Waals surface area contributed by atoms with Gasteiger partial charge in [0.2, 0.25) is 5.91 Å². The smallest absolute Gasteiger partial charge is 0.264 e. The molecule has 5 rings (SSSR count). The number of carbonyl (C=O) groups is 2. The standard InChI is InChI=1S/C35H32ClN3O4/c1-23-6-8-24(9-7-23)18-19-37-34(41)30-21-29-31(38-33(40)20-25-10-14-27(36)15-11-25)4-3-5-32(29)39(35(30)42)22-26-12-16-28(43-2)17-13-26/h3-17,21H,18-20,22H2,1-2H3,(H,37,41)(H,38,40). The molecule has 2 N–H and O–H groups in total. The summed E-state index contributed by atoms with van der Waals surface area (Å²) in [6.45, 7) is 2.62. The van der Waals surface area contributed by atoms with Crippen LogP contribution in [-0.4, -0.2) is 30.0 Å². The molecule has 0 spiro atoms. The number of anilines is 1. The number of halogens is 1. The highest BCUT2D eigenvalue weighted by Crippen LogP contribution is 2.25. The number of aryl methyl sites for hydroxylation is 1. The van der Waals surface area contributed by atoms with Crippen LogP contribution in [0.3, 0.4) is 0 Å². The van der Waals surface area contributed by atoms with Gasteiger partial charge in [-0.1, -0.05) is 71.8 Å². The first-order chi connectivity index (χ1) is 20.8. The average molecular weight is 594 g/mol. The summed E-state index contributed by atoms with van der Waals surface area (Å²) in [5.74, 6) is 0.00459. The van der Waals surface area contributed by atoms with Gasteiger partial charge in [-0.25, -0.2) is 0 Å². The molecule has 0 aliphatic heterocycles. The van der Waals surface area contributed by atoms with E-state index in [-0.39, 0.29) is 24.4 Å². The number of methoxy groups -OCH3 is 1. The van der Waals surface area contributed by atoms with Crippen LogP contribution in [0.1, 0.15) is 32.6 Å². The normalized spacial score (nSPS) is 10.9. The van der Waals surface area contributed by atoms with E-state index in [2.05, 4.69) is 10.6 Å². The van der Waals surface area contributed by atoms with Crippen LogP contribution in [0.4, 0.5) is 5.69 Å². The second-order valence-corrected chi connectivity index (χ2v) is 10.8. The lowest BCUT2D eigenvalue weighted by Gasteiger charge is -2.16. The summed E-state index contributed by atoms with van der Waals surface area (Å²) in [5.41, 5.74) is 4.62. The highest BCUT2D eigenvalue weighted by molar-refractivity contribution is 6.30. The van der Waals surface area contributed by atoms with Crippen molar-refractivity contribution in [3.8, 4) is 5.75 Å². The quantitative estimate of drug-likeness (QED) is 0.203.